The molecule has 1 fully saturated rings. The topological polar surface area (TPSA) is 54.5 Å². The summed E-state index contributed by atoms with van der Waals surface area (Å²) in [5, 5.41) is 3.63. The maximum atomic E-state index is 13.3. The van der Waals surface area contributed by atoms with E-state index in [0.29, 0.717) is 10.7 Å². The molecule has 0 bridgehead atoms. The summed E-state index contributed by atoms with van der Waals surface area (Å²) in [6.45, 7) is 4.39. The molecule has 1 N–H and O–H groups in total. The molecule has 1 amide bonds. The second-order valence-corrected chi connectivity index (χ2v) is 9.03. The van der Waals surface area contributed by atoms with Gasteiger partial charge in [-0.25, -0.2) is 4.98 Å². The first-order valence-electron chi connectivity index (χ1n) is 11.1. The largest absolute Gasteiger partial charge is 0.379 e. The molecule has 0 spiro atoms. The van der Waals surface area contributed by atoms with E-state index in [1.807, 2.05) is 72.8 Å². The lowest BCUT2D eigenvalue weighted by Gasteiger charge is -2.26. The van der Waals surface area contributed by atoms with Crippen molar-refractivity contribution in [1.29, 1.82) is 0 Å². The minimum Gasteiger partial charge on any atom is -0.379 e. The Morgan fingerprint density at radius 2 is 1.73 bits per heavy atom. The molecule has 1 saturated heterocycles. The third-order valence-electron chi connectivity index (χ3n) is 5.62. The number of nitrogens with zero attached hydrogens (tertiary/aromatic N) is 2. The highest BCUT2D eigenvalue weighted by Crippen LogP contribution is 2.29. The quantitative estimate of drug-likeness (QED) is 0.316. The van der Waals surface area contributed by atoms with Gasteiger partial charge in [-0.05, 0) is 34.9 Å². The lowest BCUT2D eigenvalue weighted by atomic mass is 10.0. The number of thiazole rings is 1. The van der Waals surface area contributed by atoms with Crippen LogP contribution in [-0.4, -0.2) is 42.1 Å². The van der Waals surface area contributed by atoms with Crippen molar-refractivity contribution in [3.63, 3.8) is 0 Å². The fourth-order valence-electron chi connectivity index (χ4n) is 3.92. The zero-order valence-electron chi connectivity index (χ0n) is 18.2. The van der Waals surface area contributed by atoms with Crippen molar-refractivity contribution in [1.82, 2.24) is 9.88 Å². The Kier molecular flexibility index (Phi) is 6.58. The highest BCUT2D eigenvalue weighted by molar-refractivity contribution is 7.22. The van der Waals surface area contributed by atoms with Crippen LogP contribution in [0.1, 0.15) is 16.7 Å². The first-order valence-corrected chi connectivity index (χ1v) is 11.9. The SMILES string of the molecule is O=C(Nc1nc2ccc(CN3CCOCC3)cc2s1)/C(=C\c1ccccc1)c1ccccc1. The van der Waals surface area contributed by atoms with Crippen LogP contribution in [0.15, 0.2) is 78.9 Å². The number of carbonyl (C=O) groups excluding carboxylic acids is 1. The number of morpholine rings is 1. The van der Waals surface area contributed by atoms with Gasteiger partial charge in [-0.15, -0.1) is 0 Å². The summed E-state index contributed by atoms with van der Waals surface area (Å²) in [4.78, 5) is 20.3. The maximum absolute atomic E-state index is 13.3. The summed E-state index contributed by atoms with van der Waals surface area (Å²) in [5.74, 6) is -0.169. The Morgan fingerprint density at radius 1 is 1.00 bits per heavy atom. The van der Waals surface area contributed by atoms with E-state index in [1.165, 1.54) is 16.9 Å². The molecule has 0 radical (unpaired) electrons. The number of aromatic nitrogens is 1. The number of anilines is 1. The molecular formula is C27H25N3O2S. The zero-order valence-corrected chi connectivity index (χ0v) is 19.1. The van der Waals surface area contributed by atoms with Crippen LogP contribution in [0, 0.1) is 0 Å². The van der Waals surface area contributed by atoms with Crippen molar-refractivity contribution >= 4 is 44.2 Å². The van der Waals surface area contributed by atoms with Crippen molar-refractivity contribution < 1.29 is 9.53 Å². The Hall–Kier alpha value is -3.32. The number of amides is 1. The monoisotopic (exact) mass is 455 g/mol. The number of hydrogen-bond acceptors (Lipinski definition) is 5. The molecule has 0 atom stereocenters. The molecule has 2 heterocycles. The van der Waals surface area contributed by atoms with Gasteiger partial charge >= 0.3 is 0 Å². The van der Waals surface area contributed by atoms with E-state index in [0.717, 1.165) is 54.2 Å². The average molecular weight is 456 g/mol. The van der Waals surface area contributed by atoms with Crippen LogP contribution < -0.4 is 5.32 Å². The number of fused-ring (bicyclic) bond motifs is 1. The number of hydrogen-bond donors (Lipinski definition) is 1. The number of rotatable bonds is 6. The fourth-order valence-corrected chi connectivity index (χ4v) is 4.84. The third-order valence-corrected chi connectivity index (χ3v) is 6.56. The van der Waals surface area contributed by atoms with Crippen molar-refractivity contribution in [3.05, 3.63) is 95.6 Å². The highest BCUT2D eigenvalue weighted by Gasteiger charge is 2.16. The molecule has 3 aromatic carbocycles. The summed E-state index contributed by atoms with van der Waals surface area (Å²) in [5.41, 5.74) is 4.60. The second-order valence-electron chi connectivity index (χ2n) is 8.00. The molecule has 1 aliphatic rings. The molecule has 166 valence electrons. The van der Waals surface area contributed by atoms with Crippen LogP contribution in [0.5, 0.6) is 0 Å². The smallest absolute Gasteiger partial charge is 0.258 e. The molecule has 5 rings (SSSR count). The predicted molar refractivity (Wildman–Crippen MR) is 135 cm³/mol. The standard InChI is InChI=1S/C27H25N3O2S/c31-26(23(22-9-5-2-6-10-22)17-20-7-3-1-4-8-20)29-27-28-24-12-11-21(18-25(24)33-27)19-30-13-15-32-16-14-30/h1-12,17-18H,13-16,19H2,(H,28,29,31)/b23-17-. The van der Waals surface area contributed by atoms with E-state index in [1.54, 1.807) is 0 Å². The van der Waals surface area contributed by atoms with Crippen LogP contribution in [0.3, 0.4) is 0 Å². The second kappa shape index (κ2) is 10.1. The highest BCUT2D eigenvalue weighted by atomic mass is 32.1. The first-order chi connectivity index (χ1) is 16.2. The van der Waals surface area contributed by atoms with Crippen molar-refractivity contribution in [3.8, 4) is 0 Å². The Labute approximate surface area is 197 Å². The lowest BCUT2D eigenvalue weighted by Crippen LogP contribution is -2.35. The molecule has 4 aromatic rings. The van der Waals surface area contributed by atoms with E-state index in [2.05, 4.69) is 27.3 Å². The number of nitrogens with one attached hydrogen (secondary N) is 1. The zero-order chi connectivity index (χ0) is 22.5. The van der Waals surface area contributed by atoms with Gasteiger partial charge in [-0.3, -0.25) is 15.0 Å². The van der Waals surface area contributed by atoms with E-state index in [4.69, 9.17) is 4.74 Å². The third kappa shape index (κ3) is 5.37. The van der Waals surface area contributed by atoms with Crippen molar-refractivity contribution in [2.45, 2.75) is 6.54 Å². The molecule has 0 unspecified atom stereocenters. The number of benzene rings is 3. The summed E-state index contributed by atoms with van der Waals surface area (Å²) < 4.78 is 6.52. The van der Waals surface area contributed by atoms with E-state index >= 15 is 0 Å². The summed E-state index contributed by atoms with van der Waals surface area (Å²) in [6, 6.07) is 25.9. The molecule has 6 heteroatoms. The van der Waals surface area contributed by atoms with Crippen molar-refractivity contribution in [2.75, 3.05) is 31.6 Å². The molecule has 5 nitrogen and oxygen atoms in total. The van der Waals surface area contributed by atoms with E-state index in [9.17, 15) is 4.79 Å². The van der Waals surface area contributed by atoms with Gasteiger partial charge < -0.3 is 4.74 Å². The molecular weight excluding hydrogens is 430 g/mol. The van der Waals surface area contributed by atoms with Crippen LogP contribution in [-0.2, 0) is 16.1 Å². The molecule has 1 aliphatic heterocycles. The fraction of sp³-hybridized carbons (Fsp3) is 0.185. The Morgan fingerprint density at radius 3 is 2.48 bits per heavy atom. The van der Waals surface area contributed by atoms with Crippen LogP contribution >= 0.6 is 11.3 Å². The number of ether oxygens (including phenoxy) is 1. The number of carbonyl (C=O) groups is 1. The summed E-state index contributed by atoms with van der Waals surface area (Å²) >= 11 is 1.51. The Bertz CT molecular complexity index is 1260. The van der Waals surface area contributed by atoms with Gasteiger partial charge in [0.2, 0.25) is 0 Å². The normalized spacial score (nSPS) is 15.0. The minimum atomic E-state index is -0.169. The predicted octanol–water partition coefficient (Wildman–Crippen LogP) is 5.31. The van der Waals surface area contributed by atoms with Gasteiger partial charge in [0.05, 0.1) is 23.4 Å². The molecule has 33 heavy (non-hydrogen) atoms. The summed E-state index contributed by atoms with van der Waals surface area (Å²) in [6.07, 6.45) is 1.92. The van der Waals surface area contributed by atoms with Crippen LogP contribution in [0.25, 0.3) is 21.9 Å². The molecule has 0 aliphatic carbocycles. The Balaban J connectivity index is 1.37. The van der Waals surface area contributed by atoms with Crippen LogP contribution in [0.2, 0.25) is 0 Å². The first kappa shape index (κ1) is 21.5. The minimum absolute atomic E-state index is 0.169. The van der Waals surface area contributed by atoms with Gasteiger partial charge in [0.1, 0.15) is 0 Å². The molecule has 0 saturated carbocycles. The van der Waals surface area contributed by atoms with E-state index in [-0.39, 0.29) is 5.91 Å². The summed E-state index contributed by atoms with van der Waals surface area (Å²) in [7, 11) is 0. The van der Waals surface area contributed by atoms with Gasteiger partial charge in [0.15, 0.2) is 5.13 Å². The maximum Gasteiger partial charge on any atom is 0.258 e. The average Bonchev–Trinajstić information content (AvgIpc) is 3.26. The van der Waals surface area contributed by atoms with Crippen LogP contribution in [0.4, 0.5) is 5.13 Å². The van der Waals surface area contributed by atoms with Gasteiger partial charge in [-0.2, -0.15) is 0 Å². The molecule has 1 aromatic heterocycles. The van der Waals surface area contributed by atoms with Crippen molar-refractivity contribution in [2.24, 2.45) is 0 Å². The van der Waals surface area contributed by atoms with Gasteiger partial charge in [-0.1, -0.05) is 78.1 Å². The van der Waals surface area contributed by atoms with Gasteiger partial charge in [0.25, 0.3) is 5.91 Å². The van der Waals surface area contributed by atoms with Gasteiger partial charge in [0, 0.05) is 25.2 Å². The van der Waals surface area contributed by atoms with E-state index < -0.39 is 0 Å². The lowest BCUT2D eigenvalue weighted by molar-refractivity contribution is -0.111.